The van der Waals surface area contributed by atoms with Crippen LogP contribution < -0.4 is 10.5 Å². The Kier molecular flexibility index (Phi) is 4.22. The molecule has 0 spiro atoms. The fourth-order valence-corrected chi connectivity index (χ4v) is 1.91. The van der Waals surface area contributed by atoms with Crippen LogP contribution in [0.5, 0.6) is 5.75 Å². The lowest BCUT2D eigenvalue weighted by Gasteiger charge is -2.11. The van der Waals surface area contributed by atoms with Gasteiger partial charge in [-0.25, -0.2) is 0 Å². The smallest absolute Gasteiger partial charge is 0.406 e. The van der Waals surface area contributed by atoms with Crippen molar-refractivity contribution in [3.8, 4) is 16.9 Å². The molecule has 0 saturated heterocycles. The molecule has 0 bridgehead atoms. The first kappa shape index (κ1) is 15.4. The lowest BCUT2D eigenvalue weighted by Crippen LogP contribution is -2.17. The quantitative estimate of drug-likeness (QED) is 0.940. The Morgan fingerprint density at radius 1 is 1.24 bits per heavy atom. The molecule has 2 N–H and O–H groups in total. The van der Waals surface area contributed by atoms with Crippen LogP contribution in [0.1, 0.15) is 25.5 Å². The van der Waals surface area contributed by atoms with Crippen LogP contribution in [0.2, 0.25) is 0 Å². The molecule has 1 aromatic carbocycles. The maximum Gasteiger partial charge on any atom is 0.573 e. The van der Waals surface area contributed by atoms with Gasteiger partial charge in [0.2, 0.25) is 0 Å². The average Bonchev–Trinajstić information content (AvgIpc) is 2.86. The molecule has 1 heterocycles. The van der Waals surface area contributed by atoms with E-state index in [0.717, 1.165) is 0 Å². The molecule has 4 nitrogen and oxygen atoms in total. The van der Waals surface area contributed by atoms with E-state index >= 15 is 0 Å². The van der Waals surface area contributed by atoms with E-state index in [4.69, 9.17) is 5.73 Å². The van der Waals surface area contributed by atoms with E-state index < -0.39 is 6.36 Å². The van der Waals surface area contributed by atoms with Crippen LogP contribution in [-0.4, -0.2) is 16.1 Å². The van der Waals surface area contributed by atoms with E-state index in [9.17, 15) is 13.2 Å². The number of hydrogen-bond acceptors (Lipinski definition) is 3. The zero-order chi connectivity index (χ0) is 15.6. The summed E-state index contributed by atoms with van der Waals surface area (Å²) in [6.07, 6.45) is -1.35. The van der Waals surface area contributed by atoms with Crippen LogP contribution in [0.25, 0.3) is 11.1 Å². The summed E-state index contributed by atoms with van der Waals surface area (Å²) in [5.41, 5.74) is 7.39. The molecule has 21 heavy (non-hydrogen) atoms. The molecule has 1 aromatic heterocycles. The first-order valence-electron chi connectivity index (χ1n) is 6.43. The third kappa shape index (κ3) is 3.98. The highest BCUT2D eigenvalue weighted by molar-refractivity contribution is 5.65. The van der Waals surface area contributed by atoms with Gasteiger partial charge < -0.3 is 10.5 Å². The maximum atomic E-state index is 12.4. The standard InChI is InChI=1S/C14H16F3N3O/c1-9(2)20-8-12(7-19-20)11-3-10(6-18)4-13(5-11)21-14(15,16)17/h3-5,7-9H,6,18H2,1-2H3. The van der Waals surface area contributed by atoms with E-state index in [-0.39, 0.29) is 18.3 Å². The Hall–Kier alpha value is -2.02. The third-order valence-electron chi connectivity index (χ3n) is 2.90. The molecule has 0 aliphatic heterocycles. The predicted octanol–water partition coefficient (Wildman–Crippen LogP) is 3.49. The number of hydrogen-bond donors (Lipinski definition) is 1. The van der Waals surface area contributed by atoms with Gasteiger partial charge >= 0.3 is 6.36 Å². The first-order valence-corrected chi connectivity index (χ1v) is 6.43. The number of benzene rings is 1. The van der Waals surface area contributed by atoms with Crippen molar-refractivity contribution in [1.82, 2.24) is 9.78 Å². The van der Waals surface area contributed by atoms with E-state index in [0.29, 0.717) is 16.7 Å². The number of nitrogens with two attached hydrogens (primary N) is 1. The monoisotopic (exact) mass is 299 g/mol. The van der Waals surface area contributed by atoms with Crippen molar-refractivity contribution in [3.63, 3.8) is 0 Å². The molecule has 0 aliphatic carbocycles. The van der Waals surface area contributed by atoms with Crippen molar-refractivity contribution in [2.24, 2.45) is 5.73 Å². The summed E-state index contributed by atoms with van der Waals surface area (Å²) in [7, 11) is 0. The number of nitrogens with zero attached hydrogens (tertiary/aromatic N) is 2. The summed E-state index contributed by atoms with van der Waals surface area (Å²) in [6.45, 7) is 4.05. The third-order valence-corrected chi connectivity index (χ3v) is 2.90. The Bertz CT molecular complexity index is 620. The molecule has 0 unspecified atom stereocenters. The van der Waals surface area contributed by atoms with Gasteiger partial charge in [-0.05, 0) is 43.2 Å². The number of aromatic nitrogens is 2. The van der Waals surface area contributed by atoms with E-state index in [1.54, 1.807) is 23.1 Å². The largest absolute Gasteiger partial charge is 0.573 e. The zero-order valence-corrected chi connectivity index (χ0v) is 11.7. The topological polar surface area (TPSA) is 53.1 Å². The minimum absolute atomic E-state index is 0.125. The van der Waals surface area contributed by atoms with Crippen LogP contribution in [0.3, 0.4) is 0 Å². The molecule has 2 aromatic rings. The first-order chi connectivity index (χ1) is 9.78. The van der Waals surface area contributed by atoms with Gasteiger partial charge in [-0.1, -0.05) is 0 Å². The second-order valence-corrected chi connectivity index (χ2v) is 4.92. The SMILES string of the molecule is CC(C)n1cc(-c2cc(CN)cc(OC(F)(F)F)c2)cn1. The van der Waals surface area contributed by atoms with Crippen molar-refractivity contribution in [3.05, 3.63) is 36.2 Å². The van der Waals surface area contributed by atoms with Gasteiger partial charge in [0.15, 0.2) is 0 Å². The number of halogens is 3. The lowest BCUT2D eigenvalue weighted by molar-refractivity contribution is -0.274. The Balaban J connectivity index is 2.40. The van der Waals surface area contributed by atoms with Crippen LogP contribution in [0, 0.1) is 0 Å². The molecule has 7 heteroatoms. The molecular formula is C14H16F3N3O. The molecule has 0 aliphatic rings. The van der Waals surface area contributed by atoms with Gasteiger partial charge in [-0.15, -0.1) is 13.2 Å². The molecule has 114 valence electrons. The molecule has 0 radical (unpaired) electrons. The Labute approximate surface area is 120 Å². The highest BCUT2D eigenvalue weighted by atomic mass is 19.4. The van der Waals surface area contributed by atoms with E-state index in [1.165, 1.54) is 12.1 Å². The number of rotatable bonds is 4. The normalized spacial score (nSPS) is 12.0. The van der Waals surface area contributed by atoms with Crippen molar-refractivity contribution >= 4 is 0 Å². The summed E-state index contributed by atoms with van der Waals surface area (Å²) in [6, 6.07) is 4.51. The van der Waals surface area contributed by atoms with Gasteiger partial charge in [-0.2, -0.15) is 5.10 Å². The summed E-state index contributed by atoms with van der Waals surface area (Å²) in [4.78, 5) is 0. The molecule has 0 amide bonds. The second-order valence-electron chi connectivity index (χ2n) is 4.92. The summed E-state index contributed by atoms with van der Waals surface area (Å²) in [5, 5.41) is 4.17. The molecular weight excluding hydrogens is 283 g/mol. The summed E-state index contributed by atoms with van der Waals surface area (Å²) >= 11 is 0. The van der Waals surface area contributed by atoms with Gasteiger partial charge in [0.25, 0.3) is 0 Å². The minimum atomic E-state index is -4.73. The average molecular weight is 299 g/mol. The minimum Gasteiger partial charge on any atom is -0.406 e. The van der Waals surface area contributed by atoms with Gasteiger partial charge in [0.05, 0.1) is 6.20 Å². The molecule has 0 atom stereocenters. The lowest BCUT2D eigenvalue weighted by atomic mass is 10.1. The van der Waals surface area contributed by atoms with Crippen LogP contribution in [0.4, 0.5) is 13.2 Å². The summed E-state index contributed by atoms with van der Waals surface area (Å²) in [5.74, 6) is -0.280. The highest BCUT2D eigenvalue weighted by Crippen LogP contribution is 2.30. The Morgan fingerprint density at radius 3 is 2.48 bits per heavy atom. The fourth-order valence-electron chi connectivity index (χ4n) is 1.91. The molecule has 0 saturated carbocycles. The predicted molar refractivity (Wildman–Crippen MR) is 72.6 cm³/mol. The van der Waals surface area contributed by atoms with Crippen molar-refractivity contribution in [1.29, 1.82) is 0 Å². The van der Waals surface area contributed by atoms with Crippen molar-refractivity contribution in [2.75, 3.05) is 0 Å². The molecule has 2 rings (SSSR count). The van der Waals surface area contributed by atoms with Crippen molar-refractivity contribution < 1.29 is 17.9 Å². The van der Waals surface area contributed by atoms with E-state index in [1.807, 2.05) is 13.8 Å². The van der Waals surface area contributed by atoms with E-state index in [2.05, 4.69) is 9.84 Å². The van der Waals surface area contributed by atoms with Crippen LogP contribution >= 0.6 is 0 Å². The molecule has 0 fully saturated rings. The second kappa shape index (κ2) is 5.77. The van der Waals surface area contributed by atoms with Crippen molar-refractivity contribution in [2.45, 2.75) is 32.8 Å². The maximum absolute atomic E-state index is 12.4. The van der Waals surface area contributed by atoms with Gasteiger partial charge in [-0.3, -0.25) is 4.68 Å². The number of ether oxygens (including phenoxy) is 1. The van der Waals surface area contributed by atoms with Gasteiger partial charge in [0.1, 0.15) is 5.75 Å². The Morgan fingerprint density at radius 2 is 1.95 bits per heavy atom. The van der Waals surface area contributed by atoms with Crippen LogP contribution in [-0.2, 0) is 6.54 Å². The van der Waals surface area contributed by atoms with Crippen LogP contribution in [0.15, 0.2) is 30.6 Å². The fraction of sp³-hybridized carbons (Fsp3) is 0.357. The highest BCUT2D eigenvalue weighted by Gasteiger charge is 2.31. The van der Waals surface area contributed by atoms with Gasteiger partial charge in [0, 0.05) is 24.3 Å². The number of alkyl halides is 3. The zero-order valence-electron chi connectivity index (χ0n) is 11.7. The summed E-state index contributed by atoms with van der Waals surface area (Å²) < 4.78 is 42.8.